The summed E-state index contributed by atoms with van der Waals surface area (Å²) in [5.74, 6) is 0. The molecule has 0 fully saturated rings. The number of benzene rings is 1. The zero-order chi connectivity index (χ0) is 14.8. The van der Waals surface area contributed by atoms with E-state index < -0.39 is 0 Å². The lowest BCUT2D eigenvalue weighted by atomic mass is 10.0. The first-order valence-corrected chi connectivity index (χ1v) is 7.18. The molecular weight excluding hydrogens is 246 g/mol. The Kier molecular flexibility index (Phi) is 4.15. The Bertz CT molecular complexity index is 626. The van der Waals surface area contributed by atoms with Gasteiger partial charge >= 0.3 is 0 Å². The molecule has 1 aromatic heterocycles. The van der Waals surface area contributed by atoms with Crippen molar-refractivity contribution in [1.29, 1.82) is 5.26 Å². The minimum atomic E-state index is -0.161. The Morgan fingerprint density at radius 1 is 1.30 bits per heavy atom. The molecule has 0 radical (unpaired) electrons. The molecule has 0 aliphatic rings. The van der Waals surface area contributed by atoms with Crippen LogP contribution in [0.1, 0.15) is 33.3 Å². The van der Waals surface area contributed by atoms with Crippen molar-refractivity contribution >= 4 is 10.9 Å². The second-order valence-corrected chi connectivity index (χ2v) is 6.24. The summed E-state index contributed by atoms with van der Waals surface area (Å²) in [5.41, 5.74) is 2.44. The zero-order valence-corrected chi connectivity index (χ0v) is 12.8. The van der Waals surface area contributed by atoms with Gasteiger partial charge in [0.05, 0.1) is 12.1 Å². The number of hydrogen-bond donors (Lipinski definition) is 1. The minimum absolute atomic E-state index is 0.0521. The summed E-state index contributed by atoms with van der Waals surface area (Å²) in [4.78, 5) is 0. The summed E-state index contributed by atoms with van der Waals surface area (Å²) in [6.07, 6.45) is 2.92. The molecule has 0 saturated carbocycles. The van der Waals surface area contributed by atoms with Gasteiger partial charge in [0.2, 0.25) is 0 Å². The van der Waals surface area contributed by atoms with Crippen LogP contribution in [0.4, 0.5) is 0 Å². The van der Waals surface area contributed by atoms with Crippen LogP contribution < -0.4 is 5.32 Å². The first kappa shape index (κ1) is 14.6. The number of aryl methyl sites for hydroxylation is 1. The van der Waals surface area contributed by atoms with Gasteiger partial charge in [-0.15, -0.1) is 0 Å². The van der Waals surface area contributed by atoms with Crippen LogP contribution in [0.25, 0.3) is 10.9 Å². The highest BCUT2D eigenvalue weighted by atomic mass is 15.0. The number of hydrogen-bond acceptors (Lipinski definition) is 2. The monoisotopic (exact) mass is 269 g/mol. The Morgan fingerprint density at radius 3 is 2.60 bits per heavy atom. The fourth-order valence-corrected chi connectivity index (χ4v) is 2.62. The summed E-state index contributed by atoms with van der Waals surface area (Å²) in [5, 5.41) is 14.0. The van der Waals surface area contributed by atoms with Gasteiger partial charge in [-0.2, -0.15) is 5.26 Å². The van der Waals surface area contributed by atoms with E-state index in [0.717, 1.165) is 13.0 Å². The Balaban J connectivity index is 2.31. The summed E-state index contributed by atoms with van der Waals surface area (Å²) in [6, 6.07) is 10.6. The van der Waals surface area contributed by atoms with E-state index in [1.54, 1.807) is 0 Å². The molecule has 3 nitrogen and oxygen atoms in total. The molecule has 3 heteroatoms. The number of para-hydroxylation sites is 1. The molecule has 0 aliphatic carbocycles. The van der Waals surface area contributed by atoms with Crippen LogP contribution in [-0.2, 0) is 13.0 Å². The minimum Gasteiger partial charge on any atom is -0.347 e. The van der Waals surface area contributed by atoms with Crippen LogP contribution in [0.2, 0.25) is 0 Å². The molecule has 1 aromatic carbocycles. The Hall–Kier alpha value is -1.79. The standard InChI is InChI=1S/C17H23N3/c1-5-20-12-13(15-8-6-7-9-16(15)20)10-14(11-18)19-17(2,3)4/h6-9,12,14,19H,5,10H2,1-4H3. The van der Waals surface area contributed by atoms with E-state index >= 15 is 0 Å². The number of fused-ring (bicyclic) bond motifs is 1. The third kappa shape index (κ3) is 3.20. The Morgan fingerprint density at radius 2 is 2.00 bits per heavy atom. The Labute approximate surface area is 121 Å². The van der Waals surface area contributed by atoms with Gasteiger partial charge in [-0.3, -0.25) is 5.32 Å². The molecule has 1 heterocycles. The van der Waals surface area contributed by atoms with Crippen molar-refractivity contribution in [3.63, 3.8) is 0 Å². The fraction of sp³-hybridized carbons (Fsp3) is 0.471. The smallest absolute Gasteiger partial charge is 0.0998 e. The molecule has 106 valence electrons. The molecule has 1 N–H and O–H groups in total. The van der Waals surface area contributed by atoms with Crippen LogP contribution in [-0.4, -0.2) is 16.1 Å². The maximum Gasteiger partial charge on any atom is 0.0998 e. The number of nitrogens with zero attached hydrogens (tertiary/aromatic N) is 2. The van der Waals surface area contributed by atoms with Crippen molar-refractivity contribution in [1.82, 2.24) is 9.88 Å². The lowest BCUT2D eigenvalue weighted by Crippen LogP contribution is -2.43. The molecule has 2 aromatic rings. The SMILES string of the molecule is CCn1cc(CC(C#N)NC(C)(C)C)c2ccccc21. The van der Waals surface area contributed by atoms with E-state index in [1.165, 1.54) is 16.5 Å². The third-order valence-electron chi connectivity index (χ3n) is 3.40. The van der Waals surface area contributed by atoms with Crippen molar-refractivity contribution < 1.29 is 0 Å². The molecule has 0 aliphatic heterocycles. The molecular formula is C17H23N3. The molecule has 0 amide bonds. The predicted octanol–water partition coefficient (Wildman–Crippen LogP) is 3.48. The van der Waals surface area contributed by atoms with Crippen LogP contribution in [0, 0.1) is 11.3 Å². The van der Waals surface area contributed by atoms with Crippen molar-refractivity contribution in [3.8, 4) is 6.07 Å². The van der Waals surface area contributed by atoms with Crippen LogP contribution >= 0.6 is 0 Å². The highest BCUT2D eigenvalue weighted by molar-refractivity contribution is 5.84. The average Bonchev–Trinajstić information content (AvgIpc) is 2.75. The van der Waals surface area contributed by atoms with E-state index in [0.29, 0.717) is 0 Å². The summed E-state index contributed by atoms with van der Waals surface area (Å²) >= 11 is 0. The highest BCUT2D eigenvalue weighted by Crippen LogP contribution is 2.22. The largest absolute Gasteiger partial charge is 0.347 e. The number of nitriles is 1. The van der Waals surface area contributed by atoms with Crippen molar-refractivity contribution in [3.05, 3.63) is 36.0 Å². The predicted molar refractivity (Wildman–Crippen MR) is 83.6 cm³/mol. The highest BCUT2D eigenvalue weighted by Gasteiger charge is 2.19. The van der Waals surface area contributed by atoms with Gasteiger partial charge in [-0.25, -0.2) is 0 Å². The topological polar surface area (TPSA) is 40.8 Å². The van der Waals surface area contributed by atoms with Gasteiger partial charge in [-0.05, 0) is 39.3 Å². The van der Waals surface area contributed by atoms with Crippen molar-refractivity contribution in [2.24, 2.45) is 0 Å². The summed E-state index contributed by atoms with van der Waals surface area (Å²) in [7, 11) is 0. The lowest BCUT2D eigenvalue weighted by Gasteiger charge is -2.24. The first-order valence-electron chi connectivity index (χ1n) is 7.18. The first-order chi connectivity index (χ1) is 9.44. The molecule has 0 saturated heterocycles. The van der Waals surface area contributed by atoms with Gasteiger partial charge in [-0.1, -0.05) is 18.2 Å². The van der Waals surface area contributed by atoms with E-state index in [1.807, 2.05) is 0 Å². The molecule has 2 rings (SSSR count). The molecule has 1 unspecified atom stereocenters. The maximum absolute atomic E-state index is 9.37. The lowest BCUT2D eigenvalue weighted by molar-refractivity contribution is 0.394. The van der Waals surface area contributed by atoms with Gasteiger partial charge in [0.1, 0.15) is 0 Å². The summed E-state index contributed by atoms with van der Waals surface area (Å²) < 4.78 is 2.25. The molecule has 0 bridgehead atoms. The number of rotatable bonds is 4. The average molecular weight is 269 g/mol. The van der Waals surface area contributed by atoms with Crippen LogP contribution in [0.15, 0.2) is 30.5 Å². The number of aromatic nitrogens is 1. The third-order valence-corrected chi connectivity index (χ3v) is 3.40. The van der Waals surface area contributed by atoms with Gasteiger partial charge < -0.3 is 4.57 Å². The van der Waals surface area contributed by atoms with E-state index in [-0.39, 0.29) is 11.6 Å². The van der Waals surface area contributed by atoms with Crippen molar-refractivity contribution in [2.45, 2.75) is 52.2 Å². The second-order valence-electron chi connectivity index (χ2n) is 6.24. The number of nitrogens with one attached hydrogen (secondary N) is 1. The van der Waals surface area contributed by atoms with Crippen LogP contribution in [0.5, 0.6) is 0 Å². The zero-order valence-electron chi connectivity index (χ0n) is 12.8. The second kappa shape index (κ2) is 5.68. The van der Waals surface area contributed by atoms with Gasteiger partial charge in [0.25, 0.3) is 0 Å². The molecule has 0 spiro atoms. The van der Waals surface area contributed by atoms with E-state index in [2.05, 4.69) is 74.1 Å². The molecule has 20 heavy (non-hydrogen) atoms. The van der Waals surface area contributed by atoms with E-state index in [9.17, 15) is 5.26 Å². The van der Waals surface area contributed by atoms with Crippen molar-refractivity contribution in [2.75, 3.05) is 0 Å². The van der Waals surface area contributed by atoms with Gasteiger partial charge in [0.15, 0.2) is 0 Å². The van der Waals surface area contributed by atoms with E-state index in [4.69, 9.17) is 0 Å². The maximum atomic E-state index is 9.37. The summed E-state index contributed by atoms with van der Waals surface area (Å²) in [6.45, 7) is 9.36. The molecule has 1 atom stereocenters. The van der Waals surface area contributed by atoms with Gasteiger partial charge in [0, 0.05) is 35.6 Å². The fourth-order valence-electron chi connectivity index (χ4n) is 2.62. The quantitative estimate of drug-likeness (QED) is 0.923. The normalized spacial score (nSPS) is 13.3. The van der Waals surface area contributed by atoms with Crippen LogP contribution in [0.3, 0.4) is 0 Å².